The second-order valence-electron chi connectivity index (χ2n) is 4.19. The Morgan fingerprint density at radius 2 is 2.05 bits per heavy atom. The van der Waals surface area contributed by atoms with E-state index in [9.17, 15) is 4.79 Å². The smallest absolute Gasteiger partial charge is 0.230 e. The first-order valence-corrected chi connectivity index (χ1v) is 6.11. The van der Waals surface area contributed by atoms with Gasteiger partial charge in [0.25, 0.3) is 0 Å². The quantitative estimate of drug-likeness (QED) is 0.264. The van der Waals surface area contributed by atoms with E-state index < -0.39 is 5.92 Å². The molecule has 1 atom stereocenters. The van der Waals surface area contributed by atoms with Gasteiger partial charge in [-0.05, 0) is 30.5 Å². The molecule has 1 aromatic carbocycles. The van der Waals surface area contributed by atoms with Gasteiger partial charge in [0.2, 0.25) is 5.91 Å². The number of hydrogen-bond acceptors (Lipinski definition) is 4. The summed E-state index contributed by atoms with van der Waals surface area (Å²) in [6, 6.07) is 6.79. The number of nitrogens with two attached hydrogens (primary N) is 1. The van der Waals surface area contributed by atoms with Crippen molar-refractivity contribution in [1.82, 2.24) is 5.32 Å². The zero-order valence-corrected chi connectivity index (χ0v) is 10.8. The van der Waals surface area contributed by atoms with Crippen LogP contribution in [-0.4, -0.2) is 28.6 Å². The Balaban J connectivity index is 2.44. The number of hydrogen-bond donors (Lipinski definition) is 4. The average Bonchev–Trinajstić information content (AvgIpc) is 2.41. The Kier molecular flexibility index (Phi) is 5.66. The van der Waals surface area contributed by atoms with Crippen molar-refractivity contribution in [2.24, 2.45) is 16.8 Å². The molecule has 0 aliphatic rings. The van der Waals surface area contributed by atoms with E-state index >= 15 is 0 Å². The predicted octanol–water partition coefficient (Wildman–Crippen LogP) is 0.823. The van der Waals surface area contributed by atoms with Gasteiger partial charge in [0.1, 0.15) is 5.75 Å². The van der Waals surface area contributed by atoms with Crippen LogP contribution in [0.4, 0.5) is 0 Å². The van der Waals surface area contributed by atoms with Crippen molar-refractivity contribution in [3.05, 3.63) is 29.8 Å². The molecule has 0 bridgehead atoms. The molecule has 0 aromatic heterocycles. The molecule has 5 N–H and O–H groups in total. The molecule has 104 valence electrons. The fourth-order valence-corrected chi connectivity index (χ4v) is 1.71. The van der Waals surface area contributed by atoms with Crippen LogP contribution >= 0.6 is 0 Å². The van der Waals surface area contributed by atoms with Gasteiger partial charge in [-0.15, -0.1) is 0 Å². The van der Waals surface area contributed by atoms with Gasteiger partial charge in [0.05, 0.1) is 5.92 Å². The van der Waals surface area contributed by atoms with Crippen LogP contribution in [0.1, 0.15) is 18.9 Å². The molecule has 0 spiro atoms. The normalized spacial score (nSPS) is 13.0. The fraction of sp³-hybridized carbons (Fsp3) is 0.385. The van der Waals surface area contributed by atoms with E-state index in [-0.39, 0.29) is 17.5 Å². The number of phenols is 1. The SMILES string of the molecule is CCC(C(=O)NCCc1ccc(O)cc1)C(N)=NO. The van der Waals surface area contributed by atoms with Gasteiger partial charge in [-0.3, -0.25) is 4.79 Å². The Bertz CT molecular complexity index is 443. The minimum Gasteiger partial charge on any atom is -0.508 e. The first kappa shape index (κ1) is 14.8. The Morgan fingerprint density at radius 1 is 1.42 bits per heavy atom. The number of aromatic hydroxyl groups is 1. The summed E-state index contributed by atoms with van der Waals surface area (Å²) in [6.45, 7) is 2.25. The monoisotopic (exact) mass is 265 g/mol. The lowest BCUT2D eigenvalue weighted by atomic mass is 10.0. The first-order chi connectivity index (χ1) is 9.08. The number of carbonyl (C=O) groups is 1. The summed E-state index contributed by atoms with van der Waals surface area (Å²) in [4.78, 5) is 11.8. The zero-order valence-electron chi connectivity index (χ0n) is 10.8. The van der Waals surface area contributed by atoms with Crippen LogP contribution in [-0.2, 0) is 11.2 Å². The summed E-state index contributed by atoms with van der Waals surface area (Å²) >= 11 is 0. The molecule has 6 nitrogen and oxygen atoms in total. The lowest BCUT2D eigenvalue weighted by molar-refractivity contribution is -0.123. The number of nitrogens with zero attached hydrogens (tertiary/aromatic N) is 1. The maximum Gasteiger partial charge on any atom is 0.230 e. The van der Waals surface area contributed by atoms with Gasteiger partial charge in [0.15, 0.2) is 5.84 Å². The van der Waals surface area contributed by atoms with Crippen LogP contribution in [0.5, 0.6) is 5.75 Å². The predicted molar refractivity (Wildman–Crippen MR) is 72.0 cm³/mol. The molecular weight excluding hydrogens is 246 g/mol. The van der Waals surface area contributed by atoms with Gasteiger partial charge >= 0.3 is 0 Å². The van der Waals surface area contributed by atoms with Gasteiger partial charge in [0, 0.05) is 6.54 Å². The third-order valence-corrected chi connectivity index (χ3v) is 2.85. The minimum atomic E-state index is -0.607. The maximum absolute atomic E-state index is 11.8. The summed E-state index contributed by atoms with van der Waals surface area (Å²) in [5, 5.41) is 23.3. The standard InChI is InChI=1S/C13H19N3O3/c1-2-11(12(14)16-19)13(18)15-8-7-9-3-5-10(17)6-4-9/h3-6,11,17,19H,2,7-8H2,1H3,(H2,14,16)(H,15,18). The van der Waals surface area contributed by atoms with Crippen molar-refractivity contribution in [2.45, 2.75) is 19.8 Å². The number of carbonyl (C=O) groups excluding carboxylic acids is 1. The van der Waals surface area contributed by atoms with Crippen LogP contribution in [0.3, 0.4) is 0 Å². The van der Waals surface area contributed by atoms with Crippen molar-refractivity contribution in [3.63, 3.8) is 0 Å². The van der Waals surface area contributed by atoms with Crippen LogP contribution in [0, 0.1) is 5.92 Å². The number of rotatable bonds is 6. The summed E-state index contributed by atoms with van der Waals surface area (Å²) in [6.07, 6.45) is 1.12. The largest absolute Gasteiger partial charge is 0.508 e. The number of benzene rings is 1. The lowest BCUT2D eigenvalue weighted by Gasteiger charge is -2.13. The highest BCUT2D eigenvalue weighted by atomic mass is 16.4. The van der Waals surface area contributed by atoms with Crippen molar-refractivity contribution in [2.75, 3.05) is 6.54 Å². The van der Waals surface area contributed by atoms with Crippen LogP contribution < -0.4 is 11.1 Å². The molecule has 0 aliphatic heterocycles. The first-order valence-electron chi connectivity index (χ1n) is 6.11. The van der Waals surface area contributed by atoms with Gasteiger partial charge in [-0.1, -0.05) is 24.2 Å². The molecule has 1 amide bonds. The molecule has 0 heterocycles. The summed E-state index contributed by atoms with van der Waals surface area (Å²) in [5.41, 5.74) is 6.45. The number of oxime groups is 1. The third kappa shape index (κ3) is 4.50. The van der Waals surface area contributed by atoms with E-state index in [1.54, 1.807) is 31.2 Å². The van der Waals surface area contributed by atoms with E-state index in [1.165, 1.54) is 0 Å². The number of amidine groups is 1. The molecule has 0 radical (unpaired) electrons. The summed E-state index contributed by atoms with van der Waals surface area (Å²) in [5.74, 6) is -0.725. The lowest BCUT2D eigenvalue weighted by Crippen LogP contribution is -2.39. The average molecular weight is 265 g/mol. The van der Waals surface area contributed by atoms with Gasteiger partial charge in [-0.2, -0.15) is 0 Å². The fourth-order valence-electron chi connectivity index (χ4n) is 1.71. The number of nitrogens with one attached hydrogen (secondary N) is 1. The minimum absolute atomic E-state index is 0.0790. The third-order valence-electron chi connectivity index (χ3n) is 2.85. The molecule has 0 fully saturated rings. The molecule has 1 rings (SSSR count). The van der Waals surface area contributed by atoms with Crippen LogP contribution in [0.15, 0.2) is 29.4 Å². The zero-order chi connectivity index (χ0) is 14.3. The van der Waals surface area contributed by atoms with E-state index in [2.05, 4.69) is 10.5 Å². The highest BCUT2D eigenvalue weighted by molar-refractivity contribution is 6.01. The van der Waals surface area contributed by atoms with Crippen LogP contribution in [0.2, 0.25) is 0 Å². The van der Waals surface area contributed by atoms with E-state index in [0.29, 0.717) is 19.4 Å². The van der Waals surface area contributed by atoms with Gasteiger partial charge in [-0.25, -0.2) is 0 Å². The highest BCUT2D eigenvalue weighted by Gasteiger charge is 2.20. The Hall–Kier alpha value is -2.24. The Morgan fingerprint density at radius 3 is 2.58 bits per heavy atom. The maximum atomic E-state index is 11.8. The van der Waals surface area contributed by atoms with E-state index in [0.717, 1.165) is 5.56 Å². The Labute approximate surface area is 111 Å². The van der Waals surface area contributed by atoms with Crippen molar-refractivity contribution in [3.8, 4) is 5.75 Å². The van der Waals surface area contributed by atoms with Gasteiger partial charge < -0.3 is 21.4 Å². The molecule has 0 aliphatic carbocycles. The van der Waals surface area contributed by atoms with Crippen molar-refractivity contribution < 1.29 is 15.1 Å². The summed E-state index contributed by atoms with van der Waals surface area (Å²) in [7, 11) is 0. The highest BCUT2D eigenvalue weighted by Crippen LogP contribution is 2.09. The molecule has 1 aromatic rings. The van der Waals surface area contributed by atoms with Crippen molar-refractivity contribution in [1.29, 1.82) is 0 Å². The molecular formula is C13H19N3O3. The molecule has 0 saturated carbocycles. The number of phenolic OH excluding ortho intramolecular Hbond substituents is 1. The van der Waals surface area contributed by atoms with E-state index in [1.807, 2.05) is 0 Å². The topological polar surface area (TPSA) is 108 Å². The molecule has 1 unspecified atom stereocenters. The molecule has 19 heavy (non-hydrogen) atoms. The second kappa shape index (κ2) is 7.25. The van der Waals surface area contributed by atoms with Crippen LogP contribution in [0.25, 0.3) is 0 Å². The van der Waals surface area contributed by atoms with E-state index in [4.69, 9.17) is 16.0 Å². The number of amides is 1. The molecule has 6 heteroatoms. The summed E-state index contributed by atoms with van der Waals surface area (Å²) < 4.78 is 0. The van der Waals surface area contributed by atoms with Crippen molar-refractivity contribution >= 4 is 11.7 Å². The second-order valence-corrected chi connectivity index (χ2v) is 4.19. The molecule has 0 saturated heterocycles.